The van der Waals surface area contributed by atoms with Crippen LogP contribution in [-0.4, -0.2) is 12.2 Å². The summed E-state index contributed by atoms with van der Waals surface area (Å²) in [5.74, 6) is 0.734. The van der Waals surface area contributed by atoms with Crippen LogP contribution in [0.15, 0.2) is 12.1 Å². The second-order valence-electron chi connectivity index (χ2n) is 5.08. The standard InChI is InChI=1S/C14H21NO2/c1-10-8-11(13(16)12(9-10)17-2)14(15)6-4-3-5-7-14/h8-9,16H,3-7,15H2,1-2H3. The maximum Gasteiger partial charge on any atom is 0.162 e. The molecule has 94 valence electrons. The van der Waals surface area contributed by atoms with Gasteiger partial charge in [0.15, 0.2) is 11.5 Å². The average Bonchev–Trinajstić information content (AvgIpc) is 2.32. The Balaban J connectivity index is 2.46. The molecule has 0 amide bonds. The minimum Gasteiger partial charge on any atom is -0.504 e. The molecular weight excluding hydrogens is 214 g/mol. The van der Waals surface area contributed by atoms with Crippen molar-refractivity contribution in [3.05, 3.63) is 23.3 Å². The monoisotopic (exact) mass is 235 g/mol. The highest BCUT2D eigenvalue weighted by molar-refractivity contribution is 5.51. The number of hydrogen-bond donors (Lipinski definition) is 2. The van der Waals surface area contributed by atoms with E-state index in [-0.39, 0.29) is 11.3 Å². The van der Waals surface area contributed by atoms with Crippen LogP contribution in [0.3, 0.4) is 0 Å². The van der Waals surface area contributed by atoms with E-state index in [1.54, 1.807) is 7.11 Å². The molecule has 1 aromatic carbocycles. The van der Waals surface area contributed by atoms with Gasteiger partial charge in [0.2, 0.25) is 0 Å². The van der Waals surface area contributed by atoms with Gasteiger partial charge in [-0.3, -0.25) is 0 Å². The molecule has 0 heterocycles. The summed E-state index contributed by atoms with van der Waals surface area (Å²) in [6.07, 6.45) is 5.38. The number of phenols is 1. The van der Waals surface area contributed by atoms with Gasteiger partial charge in [-0.25, -0.2) is 0 Å². The molecule has 0 bridgehead atoms. The van der Waals surface area contributed by atoms with Gasteiger partial charge in [0.1, 0.15) is 0 Å². The molecule has 0 aliphatic heterocycles. The van der Waals surface area contributed by atoms with Gasteiger partial charge in [0.05, 0.1) is 7.11 Å². The number of aryl methyl sites for hydroxylation is 1. The number of aromatic hydroxyl groups is 1. The zero-order valence-corrected chi connectivity index (χ0v) is 10.6. The van der Waals surface area contributed by atoms with E-state index in [9.17, 15) is 5.11 Å². The molecule has 1 aliphatic carbocycles. The highest BCUT2D eigenvalue weighted by Gasteiger charge is 2.33. The summed E-state index contributed by atoms with van der Waals surface area (Å²) >= 11 is 0. The van der Waals surface area contributed by atoms with Gasteiger partial charge in [0, 0.05) is 11.1 Å². The minimum absolute atomic E-state index is 0.211. The van der Waals surface area contributed by atoms with E-state index in [1.165, 1.54) is 6.42 Å². The third-order valence-corrected chi connectivity index (χ3v) is 3.72. The molecule has 0 saturated heterocycles. The molecule has 1 aromatic rings. The summed E-state index contributed by atoms with van der Waals surface area (Å²) in [6, 6.07) is 3.83. The fraction of sp³-hybridized carbons (Fsp3) is 0.571. The second kappa shape index (κ2) is 4.57. The molecule has 0 spiro atoms. The number of hydrogen-bond acceptors (Lipinski definition) is 3. The lowest BCUT2D eigenvalue weighted by Gasteiger charge is -2.34. The molecule has 1 saturated carbocycles. The summed E-state index contributed by atoms with van der Waals surface area (Å²) in [7, 11) is 1.57. The van der Waals surface area contributed by atoms with E-state index < -0.39 is 0 Å². The zero-order chi connectivity index (χ0) is 12.5. The van der Waals surface area contributed by atoms with Crippen molar-refractivity contribution in [1.29, 1.82) is 0 Å². The van der Waals surface area contributed by atoms with Gasteiger partial charge in [0.25, 0.3) is 0 Å². The topological polar surface area (TPSA) is 55.5 Å². The molecule has 3 heteroatoms. The first-order valence-corrected chi connectivity index (χ1v) is 6.24. The van der Waals surface area contributed by atoms with Crippen LogP contribution < -0.4 is 10.5 Å². The van der Waals surface area contributed by atoms with Crippen molar-refractivity contribution in [2.75, 3.05) is 7.11 Å². The molecule has 1 fully saturated rings. The highest BCUT2D eigenvalue weighted by atomic mass is 16.5. The van der Waals surface area contributed by atoms with Gasteiger partial charge in [-0.05, 0) is 31.4 Å². The second-order valence-corrected chi connectivity index (χ2v) is 5.08. The molecule has 0 aromatic heterocycles. The lowest BCUT2D eigenvalue weighted by Crippen LogP contribution is -2.38. The smallest absolute Gasteiger partial charge is 0.162 e. The summed E-state index contributed by atoms with van der Waals surface area (Å²) in [5.41, 5.74) is 7.99. The molecule has 0 atom stereocenters. The van der Waals surface area contributed by atoms with E-state index in [1.807, 2.05) is 19.1 Å². The Morgan fingerprint density at radius 1 is 1.24 bits per heavy atom. The van der Waals surface area contributed by atoms with Crippen molar-refractivity contribution in [3.8, 4) is 11.5 Å². The number of ether oxygens (including phenoxy) is 1. The third kappa shape index (κ3) is 2.25. The Bertz CT molecular complexity index is 409. The van der Waals surface area contributed by atoms with Crippen molar-refractivity contribution in [2.24, 2.45) is 5.73 Å². The number of phenolic OH excluding ortho intramolecular Hbond substituents is 1. The molecule has 0 unspecified atom stereocenters. The fourth-order valence-corrected chi connectivity index (χ4v) is 2.73. The summed E-state index contributed by atoms with van der Waals surface area (Å²) < 4.78 is 5.20. The van der Waals surface area contributed by atoms with E-state index >= 15 is 0 Å². The lowest BCUT2D eigenvalue weighted by atomic mass is 9.76. The van der Waals surface area contributed by atoms with E-state index in [4.69, 9.17) is 10.5 Å². The Morgan fingerprint density at radius 3 is 2.47 bits per heavy atom. The Hall–Kier alpha value is -1.22. The summed E-state index contributed by atoms with van der Waals surface area (Å²) in [4.78, 5) is 0. The third-order valence-electron chi connectivity index (χ3n) is 3.72. The number of methoxy groups -OCH3 is 1. The fourth-order valence-electron chi connectivity index (χ4n) is 2.73. The molecule has 0 radical (unpaired) electrons. The quantitative estimate of drug-likeness (QED) is 0.828. The minimum atomic E-state index is -0.387. The van der Waals surface area contributed by atoms with Gasteiger partial charge >= 0.3 is 0 Å². The van der Waals surface area contributed by atoms with Crippen molar-refractivity contribution >= 4 is 0 Å². The van der Waals surface area contributed by atoms with Crippen molar-refractivity contribution < 1.29 is 9.84 Å². The molecule has 2 rings (SSSR count). The van der Waals surface area contributed by atoms with Crippen molar-refractivity contribution in [2.45, 2.75) is 44.6 Å². The van der Waals surface area contributed by atoms with Crippen molar-refractivity contribution in [3.63, 3.8) is 0 Å². The molecule has 1 aliphatic rings. The SMILES string of the molecule is COc1cc(C)cc(C2(N)CCCCC2)c1O. The predicted molar refractivity (Wildman–Crippen MR) is 68.3 cm³/mol. The number of rotatable bonds is 2. The van der Waals surface area contributed by atoms with Crippen LogP contribution in [0, 0.1) is 6.92 Å². The molecule has 3 nitrogen and oxygen atoms in total. The highest BCUT2D eigenvalue weighted by Crippen LogP contribution is 2.43. The maximum absolute atomic E-state index is 10.2. The largest absolute Gasteiger partial charge is 0.504 e. The van der Waals surface area contributed by atoms with E-state index in [0.717, 1.165) is 36.8 Å². The van der Waals surface area contributed by atoms with Crippen LogP contribution in [-0.2, 0) is 5.54 Å². The molecule has 3 N–H and O–H groups in total. The Morgan fingerprint density at radius 2 is 1.88 bits per heavy atom. The van der Waals surface area contributed by atoms with E-state index in [0.29, 0.717) is 5.75 Å². The van der Waals surface area contributed by atoms with Gasteiger partial charge in [-0.2, -0.15) is 0 Å². The summed E-state index contributed by atoms with van der Waals surface area (Å²) in [5, 5.41) is 10.2. The first-order chi connectivity index (χ1) is 8.07. The molecule has 17 heavy (non-hydrogen) atoms. The van der Waals surface area contributed by atoms with Gasteiger partial charge in [-0.15, -0.1) is 0 Å². The van der Waals surface area contributed by atoms with Crippen LogP contribution in [0.4, 0.5) is 0 Å². The Labute approximate surface area is 103 Å². The average molecular weight is 235 g/mol. The Kier molecular flexibility index (Phi) is 3.29. The first kappa shape index (κ1) is 12.2. The summed E-state index contributed by atoms with van der Waals surface area (Å²) in [6.45, 7) is 2.00. The van der Waals surface area contributed by atoms with Gasteiger partial charge < -0.3 is 15.6 Å². The normalized spacial score (nSPS) is 19.0. The van der Waals surface area contributed by atoms with Crippen LogP contribution in [0.1, 0.15) is 43.2 Å². The number of benzene rings is 1. The predicted octanol–water partition coefficient (Wildman–Crippen LogP) is 2.83. The van der Waals surface area contributed by atoms with Crippen LogP contribution >= 0.6 is 0 Å². The maximum atomic E-state index is 10.2. The van der Waals surface area contributed by atoms with Crippen LogP contribution in [0.5, 0.6) is 11.5 Å². The zero-order valence-electron chi connectivity index (χ0n) is 10.6. The van der Waals surface area contributed by atoms with Crippen molar-refractivity contribution in [1.82, 2.24) is 0 Å². The first-order valence-electron chi connectivity index (χ1n) is 6.24. The number of nitrogens with two attached hydrogens (primary N) is 1. The van der Waals surface area contributed by atoms with Crippen LogP contribution in [0.25, 0.3) is 0 Å². The van der Waals surface area contributed by atoms with Crippen LogP contribution in [0.2, 0.25) is 0 Å². The molecular formula is C14H21NO2. The van der Waals surface area contributed by atoms with E-state index in [2.05, 4.69) is 0 Å². The lowest BCUT2D eigenvalue weighted by molar-refractivity contribution is 0.286. The van der Waals surface area contributed by atoms with Gasteiger partial charge in [-0.1, -0.05) is 25.3 Å².